The minimum absolute atomic E-state index is 0.205. The first kappa shape index (κ1) is 14.3. The van der Waals surface area contributed by atoms with Crippen LogP contribution in [0.3, 0.4) is 0 Å². The first-order chi connectivity index (χ1) is 6.88. The van der Waals surface area contributed by atoms with Crippen LogP contribution in [0.25, 0.3) is 0 Å². The second kappa shape index (κ2) is 6.05. The fourth-order valence-electron chi connectivity index (χ4n) is 1.21. The van der Waals surface area contributed by atoms with E-state index in [1.807, 2.05) is 0 Å². The van der Waals surface area contributed by atoms with Gasteiger partial charge in [0.25, 0.3) is 0 Å². The van der Waals surface area contributed by atoms with Crippen LogP contribution in [0.1, 0.15) is 20.3 Å². The van der Waals surface area contributed by atoms with Gasteiger partial charge in [0.05, 0.1) is 18.6 Å². The molecule has 1 N–H and O–H groups in total. The van der Waals surface area contributed by atoms with E-state index in [0.29, 0.717) is 0 Å². The van der Waals surface area contributed by atoms with Gasteiger partial charge < -0.3 is 19.3 Å². The molecule has 5 nitrogen and oxygen atoms in total. The van der Waals surface area contributed by atoms with Crippen LogP contribution in [0.5, 0.6) is 0 Å². The van der Waals surface area contributed by atoms with Crippen LogP contribution in [0, 0.1) is 5.92 Å². The molecule has 0 aliphatic carbocycles. The third kappa shape index (κ3) is 4.15. The first-order valence-electron chi connectivity index (χ1n) is 4.74. The van der Waals surface area contributed by atoms with Crippen LogP contribution in [0.15, 0.2) is 0 Å². The highest BCUT2D eigenvalue weighted by Crippen LogP contribution is 2.24. The van der Waals surface area contributed by atoms with Gasteiger partial charge in [-0.05, 0) is 13.8 Å². The number of aliphatic hydroxyl groups is 1. The van der Waals surface area contributed by atoms with E-state index < -0.39 is 23.8 Å². The molecule has 0 saturated heterocycles. The van der Waals surface area contributed by atoms with Crippen molar-refractivity contribution in [3.63, 3.8) is 0 Å². The molecule has 2 unspecified atom stereocenters. The number of hydrogen-bond acceptors (Lipinski definition) is 5. The van der Waals surface area contributed by atoms with Gasteiger partial charge >= 0.3 is 5.97 Å². The van der Waals surface area contributed by atoms with Gasteiger partial charge in [-0.3, -0.25) is 4.79 Å². The van der Waals surface area contributed by atoms with Crippen LogP contribution in [-0.4, -0.2) is 44.3 Å². The summed E-state index contributed by atoms with van der Waals surface area (Å²) >= 11 is 0. The Labute approximate surface area is 90.3 Å². The zero-order valence-electron chi connectivity index (χ0n) is 9.94. The van der Waals surface area contributed by atoms with Crippen molar-refractivity contribution in [3.05, 3.63) is 0 Å². The smallest absolute Gasteiger partial charge is 0.311 e. The largest absolute Gasteiger partial charge is 0.469 e. The summed E-state index contributed by atoms with van der Waals surface area (Å²) in [4.78, 5) is 11.3. The molecule has 0 rings (SSSR count). The van der Waals surface area contributed by atoms with Crippen molar-refractivity contribution >= 4 is 5.97 Å². The topological polar surface area (TPSA) is 65.0 Å². The average Bonchev–Trinajstić information content (AvgIpc) is 2.23. The van der Waals surface area contributed by atoms with Gasteiger partial charge in [0.15, 0.2) is 6.29 Å². The minimum atomic E-state index is -1.22. The van der Waals surface area contributed by atoms with Crippen molar-refractivity contribution in [2.75, 3.05) is 21.3 Å². The molecule has 5 heteroatoms. The molecule has 0 aliphatic heterocycles. The van der Waals surface area contributed by atoms with Gasteiger partial charge in [0.2, 0.25) is 0 Å². The fourth-order valence-corrected chi connectivity index (χ4v) is 1.21. The number of hydrogen-bond donors (Lipinski definition) is 1. The molecular formula is C10H20O5. The standard InChI is InChI=1S/C10H20O5/c1-7(9(11)15-5)10(2,12)6-8(13-3)14-4/h7-8,12H,6H2,1-5H3. The second-order valence-corrected chi connectivity index (χ2v) is 3.71. The van der Waals surface area contributed by atoms with Crippen molar-refractivity contribution in [1.29, 1.82) is 0 Å². The van der Waals surface area contributed by atoms with Crippen molar-refractivity contribution < 1.29 is 24.1 Å². The first-order valence-corrected chi connectivity index (χ1v) is 4.74. The molecule has 2 atom stereocenters. The lowest BCUT2D eigenvalue weighted by Crippen LogP contribution is -2.42. The van der Waals surface area contributed by atoms with E-state index in [9.17, 15) is 9.90 Å². The molecule has 0 spiro atoms. The maximum absolute atomic E-state index is 11.3. The highest BCUT2D eigenvalue weighted by atomic mass is 16.7. The minimum Gasteiger partial charge on any atom is -0.469 e. The summed E-state index contributed by atoms with van der Waals surface area (Å²) in [5, 5.41) is 10.1. The molecular weight excluding hydrogens is 200 g/mol. The number of ether oxygens (including phenoxy) is 3. The van der Waals surface area contributed by atoms with Gasteiger partial charge in [0.1, 0.15) is 0 Å². The van der Waals surface area contributed by atoms with Crippen molar-refractivity contribution in [2.24, 2.45) is 5.92 Å². The second-order valence-electron chi connectivity index (χ2n) is 3.71. The molecule has 0 heterocycles. The van der Waals surface area contributed by atoms with E-state index in [-0.39, 0.29) is 6.42 Å². The Bertz CT molecular complexity index is 198. The Hall–Kier alpha value is -0.650. The number of rotatable bonds is 6. The molecule has 0 aliphatic rings. The summed E-state index contributed by atoms with van der Waals surface area (Å²) in [6.07, 6.45) is -0.330. The van der Waals surface area contributed by atoms with Crippen LogP contribution >= 0.6 is 0 Å². The molecule has 0 fully saturated rings. The number of methoxy groups -OCH3 is 3. The van der Waals surface area contributed by atoms with Crippen LogP contribution in [-0.2, 0) is 19.0 Å². The number of esters is 1. The summed E-state index contributed by atoms with van der Waals surface area (Å²) in [5.41, 5.74) is -1.22. The van der Waals surface area contributed by atoms with Gasteiger partial charge in [-0.2, -0.15) is 0 Å². The van der Waals surface area contributed by atoms with Gasteiger partial charge in [-0.1, -0.05) is 0 Å². The maximum atomic E-state index is 11.3. The monoisotopic (exact) mass is 220 g/mol. The lowest BCUT2D eigenvalue weighted by molar-refractivity contribution is -0.169. The molecule has 0 aromatic rings. The van der Waals surface area contributed by atoms with E-state index in [1.165, 1.54) is 21.3 Å². The Kier molecular flexibility index (Phi) is 5.79. The Balaban J connectivity index is 4.45. The van der Waals surface area contributed by atoms with Gasteiger partial charge in [-0.25, -0.2) is 0 Å². The van der Waals surface area contributed by atoms with E-state index in [0.717, 1.165) is 0 Å². The zero-order valence-corrected chi connectivity index (χ0v) is 9.94. The van der Waals surface area contributed by atoms with E-state index in [4.69, 9.17) is 9.47 Å². The van der Waals surface area contributed by atoms with E-state index in [2.05, 4.69) is 4.74 Å². The van der Waals surface area contributed by atoms with Gasteiger partial charge in [0, 0.05) is 20.6 Å². The Morgan fingerprint density at radius 3 is 2.13 bits per heavy atom. The summed E-state index contributed by atoms with van der Waals surface area (Å²) in [7, 11) is 4.25. The molecule has 90 valence electrons. The van der Waals surface area contributed by atoms with Crippen molar-refractivity contribution in [1.82, 2.24) is 0 Å². The van der Waals surface area contributed by atoms with Crippen LogP contribution in [0.2, 0.25) is 0 Å². The summed E-state index contributed by atoms with van der Waals surface area (Å²) in [6.45, 7) is 3.16. The summed E-state index contributed by atoms with van der Waals surface area (Å²) in [5.74, 6) is -1.08. The fraction of sp³-hybridized carbons (Fsp3) is 0.900. The molecule has 0 aromatic heterocycles. The molecule has 0 bridgehead atoms. The number of carbonyl (C=O) groups is 1. The zero-order chi connectivity index (χ0) is 12.1. The average molecular weight is 220 g/mol. The SMILES string of the molecule is COC(=O)C(C)C(C)(O)CC(OC)OC. The van der Waals surface area contributed by atoms with Crippen molar-refractivity contribution in [2.45, 2.75) is 32.2 Å². The molecule has 15 heavy (non-hydrogen) atoms. The Morgan fingerprint density at radius 1 is 1.33 bits per heavy atom. The maximum Gasteiger partial charge on any atom is 0.311 e. The normalized spacial score (nSPS) is 17.3. The summed E-state index contributed by atoms with van der Waals surface area (Å²) in [6, 6.07) is 0. The van der Waals surface area contributed by atoms with E-state index >= 15 is 0 Å². The lowest BCUT2D eigenvalue weighted by atomic mass is 9.87. The quantitative estimate of drug-likeness (QED) is 0.523. The third-order valence-electron chi connectivity index (χ3n) is 2.59. The molecule has 0 aromatic carbocycles. The van der Waals surface area contributed by atoms with Crippen LogP contribution < -0.4 is 0 Å². The molecule has 0 saturated carbocycles. The summed E-state index contributed by atoms with van der Waals surface area (Å²) < 4.78 is 14.5. The van der Waals surface area contributed by atoms with Gasteiger partial charge in [-0.15, -0.1) is 0 Å². The Morgan fingerprint density at radius 2 is 1.80 bits per heavy atom. The predicted molar refractivity (Wildman–Crippen MR) is 54.2 cm³/mol. The predicted octanol–water partition coefficient (Wildman–Crippen LogP) is 0.555. The lowest BCUT2D eigenvalue weighted by Gasteiger charge is -2.30. The van der Waals surface area contributed by atoms with E-state index in [1.54, 1.807) is 13.8 Å². The number of carbonyl (C=O) groups excluding carboxylic acids is 1. The highest BCUT2D eigenvalue weighted by molar-refractivity contribution is 5.73. The van der Waals surface area contributed by atoms with Crippen molar-refractivity contribution in [3.8, 4) is 0 Å². The third-order valence-corrected chi connectivity index (χ3v) is 2.59. The molecule has 0 amide bonds. The molecule has 0 radical (unpaired) electrons. The van der Waals surface area contributed by atoms with Crippen LogP contribution in [0.4, 0.5) is 0 Å². The highest BCUT2D eigenvalue weighted by Gasteiger charge is 2.36.